The second-order valence-electron chi connectivity index (χ2n) is 12.4. The predicted molar refractivity (Wildman–Crippen MR) is 168 cm³/mol. The van der Waals surface area contributed by atoms with Gasteiger partial charge < -0.3 is 10.2 Å². The maximum absolute atomic E-state index is 13.7. The van der Waals surface area contributed by atoms with Gasteiger partial charge in [0.05, 0.1) is 5.75 Å². The first kappa shape index (κ1) is 31.0. The Morgan fingerprint density at radius 1 is 0.929 bits per heavy atom. The van der Waals surface area contributed by atoms with Gasteiger partial charge in [0.2, 0.25) is 11.8 Å². The molecule has 220 valence electrons. The van der Waals surface area contributed by atoms with Crippen molar-refractivity contribution in [2.24, 2.45) is 0 Å². The summed E-state index contributed by atoms with van der Waals surface area (Å²) in [5.74, 6) is -0.392. The van der Waals surface area contributed by atoms with E-state index in [0.717, 1.165) is 16.8 Å². The lowest BCUT2D eigenvalue weighted by Gasteiger charge is -2.26. The van der Waals surface area contributed by atoms with Crippen LogP contribution in [0.2, 0.25) is 0 Å². The van der Waals surface area contributed by atoms with Gasteiger partial charge in [0.15, 0.2) is 11.0 Å². The molecule has 0 radical (unpaired) electrons. The monoisotopic (exact) mass is 587 g/mol. The highest BCUT2D eigenvalue weighted by Crippen LogP contribution is 2.31. The Hall–Kier alpha value is -3.98. The Kier molecular flexibility index (Phi) is 9.21. The SMILES string of the molecule is Cc1cccc(-n2c(SCC(=O)N(CC(=O)NC(C)(C)C)c3ccc(F)cc3)nnc2-c2ccc(C(C)(C)C)cc2)c1. The molecule has 4 aromatic rings. The number of aromatic nitrogens is 3. The van der Waals surface area contributed by atoms with Crippen LogP contribution in [-0.2, 0) is 15.0 Å². The van der Waals surface area contributed by atoms with Crippen LogP contribution in [0, 0.1) is 12.7 Å². The second-order valence-corrected chi connectivity index (χ2v) is 13.3. The van der Waals surface area contributed by atoms with Crippen LogP contribution < -0.4 is 10.2 Å². The molecule has 1 heterocycles. The number of rotatable bonds is 8. The van der Waals surface area contributed by atoms with E-state index in [9.17, 15) is 14.0 Å². The Morgan fingerprint density at radius 3 is 2.19 bits per heavy atom. The Bertz CT molecular complexity index is 1550. The molecule has 1 N–H and O–H groups in total. The molecule has 0 aliphatic heterocycles. The molecule has 0 atom stereocenters. The van der Waals surface area contributed by atoms with E-state index in [4.69, 9.17) is 0 Å². The zero-order chi connectivity index (χ0) is 30.7. The van der Waals surface area contributed by atoms with Gasteiger partial charge in [-0.1, -0.05) is 68.9 Å². The van der Waals surface area contributed by atoms with E-state index in [1.54, 1.807) is 0 Å². The lowest BCUT2D eigenvalue weighted by atomic mass is 9.87. The number of aryl methyl sites for hydroxylation is 1. The molecular weight excluding hydrogens is 549 g/mol. The summed E-state index contributed by atoms with van der Waals surface area (Å²) < 4.78 is 15.6. The average Bonchev–Trinajstić information content (AvgIpc) is 3.33. The summed E-state index contributed by atoms with van der Waals surface area (Å²) in [4.78, 5) is 27.7. The normalized spacial score (nSPS) is 11.8. The van der Waals surface area contributed by atoms with Crippen molar-refractivity contribution >= 4 is 29.3 Å². The van der Waals surface area contributed by atoms with Crippen LogP contribution in [0.3, 0.4) is 0 Å². The Labute approximate surface area is 251 Å². The van der Waals surface area contributed by atoms with Crippen LogP contribution in [0.25, 0.3) is 17.1 Å². The maximum Gasteiger partial charge on any atom is 0.240 e. The summed E-state index contributed by atoms with van der Waals surface area (Å²) in [5, 5.41) is 12.4. The molecule has 0 unspecified atom stereocenters. The van der Waals surface area contributed by atoms with Crippen molar-refractivity contribution in [3.63, 3.8) is 0 Å². The van der Waals surface area contributed by atoms with E-state index >= 15 is 0 Å². The third-order valence-electron chi connectivity index (χ3n) is 6.48. The number of thioether (sulfide) groups is 1. The molecule has 0 bridgehead atoms. The summed E-state index contributed by atoms with van der Waals surface area (Å²) in [5.41, 5.74) is 4.07. The summed E-state index contributed by atoms with van der Waals surface area (Å²) in [6, 6.07) is 21.8. The highest BCUT2D eigenvalue weighted by molar-refractivity contribution is 7.99. The number of amides is 2. The van der Waals surface area contributed by atoms with Crippen LogP contribution in [0.15, 0.2) is 78.0 Å². The quantitative estimate of drug-likeness (QED) is 0.232. The van der Waals surface area contributed by atoms with Gasteiger partial charge in [0.25, 0.3) is 0 Å². The largest absolute Gasteiger partial charge is 0.350 e. The first-order valence-electron chi connectivity index (χ1n) is 13.8. The van der Waals surface area contributed by atoms with Crippen LogP contribution >= 0.6 is 11.8 Å². The molecule has 0 saturated heterocycles. The molecule has 0 fully saturated rings. The fourth-order valence-corrected chi connectivity index (χ4v) is 5.25. The van der Waals surface area contributed by atoms with Gasteiger partial charge >= 0.3 is 0 Å². The molecule has 0 saturated carbocycles. The van der Waals surface area contributed by atoms with Crippen molar-refractivity contribution < 1.29 is 14.0 Å². The number of nitrogens with one attached hydrogen (secondary N) is 1. The standard InChI is InChI=1S/C33H38FN5O2S/c1-22-9-8-10-27(19-22)39-30(23-11-13-24(14-12-23)32(2,3)4)36-37-31(39)42-21-29(41)38(20-28(40)35-33(5,6)7)26-17-15-25(34)16-18-26/h8-19H,20-21H2,1-7H3,(H,35,40). The van der Waals surface area contributed by atoms with Crippen molar-refractivity contribution in [3.05, 3.63) is 89.7 Å². The van der Waals surface area contributed by atoms with E-state index in [-0.39, 0.29) is 29.5 Å². The topological polar surface area (TPSA) is 80.1 Å². The van der Waals surface area contributed by atoms with Crippen molar-refractivity contribution in [3.8, 4) is 17.1 Å². The fourth-order valence-electron chi connectivity index (χ4n) is 4.42. The smallest absolute Gasteiger partial charge is 0.240 e. The summed E-state index contributed by atoms with van der Waals surface area (Å²) in [6.45, 7) is 14.0. The van der Waals surface area contributed by atoms with Crippen molar-refractivity contribution in [2.75, 3.05) is 17.2 Å². The van der Waals surface area contributed by atoms with Crippen LogP contribution in [0.4, 0.5) is 10.1 Å². The van der Waals surface area contributed by atoms with Crippen LogP contribution in [0.5, 0.6) is 0 Å². The minimum Gasteiger partial charge on any atom is -0.350 e. The number of carbonyl (C=O) groups is 2. The minimum atomic E-state index is -0.463. The van der Waals surface area contributed by atoms with Crippen molar-refractivity contribution in [1.29, 1.82) is 0 Å². The Morgan fingerprint density at radius 2 is 1.60 bits per heavy atom. The average molecular weight is 588 g/mol. The van der Waals surface area contributed by atoms with E-state index in [0.29, 0.717) is 16.7 Å². The van der Waals surface area contributed by atoms with Crippen LogP contribution in [0.1, 0.15) is 52.7 Å². The first-order valence-corrected chi connectivity index (χ1v) is 14.8. The van der Waals surface area contributed by atoms with Crippen molar-refractivity contribution in [2.45, 2.75) is 64.6 Å². The summed E-state index contributed by atoms with van der Waals surface area (Å²) in [7, 11) is 0. The van der Waals surface area contributed by atoms with Gasteiger partial charge in [-0.05, 0) is 80.6 Å². The van der Waals surface area contributed by atoms with Gasteiger partial charge in [-0.2, -0.15) is 0 Å². The highest BCUT2D eigenvalue weighted by atomic mass is 32.2. The first-order chi connectivity index (χ1) is 19.7. The van der Waals surface area contributed by atoms with Gasteiger partial charge in [0.1, 0.15) is 12.4 Å². The van der Waals surface area contributed by atoms with Gasteiger partial charge in [0, 0.05) is 22.5 Å². The molecule has 3 aromatic carbocycles. The maximum atomic E-state index is 13.7. The zero-order valence-electron chi connectivity index (χ0n) is 25.2. The van der Waals surface area contributed by atoms with Gasteiger partial charge in [-0.25, -0.2) is 4.39 Å². The number of carbonyl (C=O) groups excluding carboxylic acids is 2. The van der Waals surface area contributed by atoms with Gasteiger partial charge in [-0.3, -0.25) is 14.2 Å². The van der Waals surface area contributed by atoms with E-state index < -0.39 is 11.4 Å². The predicted octanol–water partition coefficient (Wildman–Crippen LogP) is 6.72. The molecule has 9 heteroatoms. The van der Waals surface area contributed by atoms with E-state index in [2.05, 4.69) is 48.4 Å². The number of anilines is 1. The molecule has 42 heavy (non-hydrogen) atoms. The number of hydrogen-bond acceptors (Lipinski definition) is 5. The molecule has 1 aromatic heterocycles. The lowest BCUT2D eigenvalue weighted by molar-refractivity contribution is -0.123. The molecule has 0 spiro atoms. The number of halogens is 1. The minimum absolute atomic E-state index is 0.00686. The third-order valence-corrected chi connectivity index (χ3v) is 7.40. The van der Waals surface area contributed by atoms with E-state index in [1.807, 2.05) is 68.7 Å². The molecule has 7 nitrogen and oxygen atoms in total. The summed E-state index contributed by atoms with van der Waals surface area (Å²) >= 11 is 1.24. The van der Waals surface area contributed by atoms with E-state index in [1.165, 1.54) is 46.5 Å². The third kappa shape index (κ3) is 7.85. The lowest BCUT2D eigenvalue weighted by Crippen LogP contribution is -2.47. The van der Waals surface area contributed by atoms with Gasteiger partial charge in [-0.15, -0.1) is 10.2 Å². The molecule has 0 aliphatic rings. The molecule has 2 amide bonds. The van der Waals surface area contributed by atoms with Crippen molar-refractivity contribution in [1.82, 2.24) is 20.1 Å². The number of benzene rings is 3. The summed E-state index contributed by atoms with van der Waals surface area (Å²) in [6.07, 6.45) is 0. The Balaban J connectivity index is 1.65. The highest BCUT2D eigenvalue weighted by Gasteiger charge is 2.24. The zero-order valence-corrected chi connectivity index (χ0v) is 26.1. The number of hydrogen-bond donors (Lipinski definition) is 1. The van der Waals surface area contributed by atoms with Crippen LogP contribution in [-0.4, -0.2) is 44.4 Å². The molecule has 0 aliphatic carbocycles. The fraction of sp³-hybridized carbons (Fsp3) is 0.333. The number of nitrogens with zero attached hydrogens (tertiary/aromatic N) is 4. The second kappa shape index (κ2) is 12.5. The molecule has 4 rings (SSSR count). The molecular formula is C33H38FN5O2S.